The number of aliphatic carboxylic acids is 1. The van der Waals surface area contributed by atoms with Gasteiger partial charge in [0.25, 0.3) is 0 Å². The molecule has 2 rings (SSSR count). The number of likely N-dealkylation sites (tertiary alicyclic amines) is 1. The molecule has 1 N–H and O–H groups in total. The van der Waals surface area contributed by atoms with E-state index in [0.717, 1.165) is 0 Å². The van der Waals surface area contributed by atoms with Gasteiger partial charge in [-0.05, 0) is 18.6 Å². The zero-order chi connectivity index (χ0) is 11.5. The summed E-state index contributed by atoms with van der Waals surface area (Å²) in [7, 11) is 0. The van der Waals surface area contributed by atoms with Gasteiger partial charge in [0.1, 0.15) is 6.54 Å². The van der Waals surface area contributed by atoms with Crippen molar-refractivity contribution in [2.45, 2.75) is 13.0 Å². The van der Waals surface area contributed by atoms with Crippen molar-refractivity contribution in [3.63, 3.8) is 0 Å². The highest BCUT2D eigenvalue weighted by molar-refractivity contribution is 5.78. The van der Waals surface area contributed by atoms with Crippen LogP contribution in [0.5, 0.6) is 0 Å². The maximum Gasteiger partial charge on any atom is 0.308 e. The van der Waals surface area contributed by atoms with Gasteiger partial charge in [-0.3, -0.25) is 9.59 Å². The largest absolute Gasteiger partial charge is 0.481 e. The lowest BCUT2D eigenvalue weighted by Gasteiger charge is -2.15. The number of hydrogen-bond acceptors (Lipinski definition) is 2. The minimum Gasteiger partial charge on any atom is -0.481 e. The Morgan fingerprint density at radius 1 is 1.31 bits per heavy atom. The molecule has 1 aromatic rings. The summed E-state index contributed by atoms with van der Waals surface area (Å²) < 4.78 is 1.79. The SMILES string of the molecule is O=C(O)C1CCN(C(=O)Cn2cccc2)C1. The molecule has 2 heterocycles. The summed E-state index contributed by atoms with van der Waals surface area (Å²) in [6, 6.07) is 3.72. The molecule has 0 radical (unpaired) electrons. The highest BCUT2D eigenvalue weighted by Gasteiger charge is 2.30. The number of carbonyl (C=O) groups is 2. The lowest BCUT2D eigenvalue weighted by atomic mass is 10.1. The second-order valence-electron chi connectivity index (χ2n) is 4.02. The molecule has 1 aliphatic rings. The van der Waals surface area contributed by atoms with Crippen LogP contribution < -0.4 is 0 Å². The summed E-state index contributed by atoms with van der Waals surface area (Å²) in [6.45, 7) is 1.19. The van der Waals surface area contributed by atoms with Crippen molar-refractivity contribution in [3.8, 4) is 0 Å². The van der Waals surface area contributed by atoms with Crippen LogP contribution in [0.4, 0.5) is 0 Å². The van der Waals surface area contributed by atoms with Crippen molar-refractivity contribution in [1.82, 2.24) is 9.47 Å². The van der Waals surface area contributed by atoms with Gasteiger partial charge in [-0.1, -0.05) is 0 Å². The average Bonchev–Trinajstić information content (AvgIpc) is 2.86. The Bertz CT molecular complexity index is 386. The molecule has 1 amide bonds. The Labute approximate surface area is 93.3 Å². The van der Waals surface area contributed by atoms with E-state index < -0.39 is 11.9 Å². The van der Waals surface area contributed by atoms with Gasteiger partial charge in [-0.25, -0.2) is 0 Å². The third-order valence-electron chi connectivity index (χ3n) is 2.87. The molecule has 0 aliphatic carbocycles. The minimum atomic E-state index is -0.809. The van der Waals surface area contributed by atoms with Crippen LogP contribution in [0.3, 0.4) is 0 Å². The van der Waals surface area contributed by atoms with E-state index >= 15 is 0 Å². The molecule has 1 unspecified atom stereocenters. The Morgan fingerprint density at radius 3 is 2.56 bits per heavy atom. The van der Waals surface area contributed by atoms with Crippen LogP contribution in [0.25, 0.3) is 0 Å². The summed E-state index contributed by atoms with van der Waals surface area (Å²) in [5.41, 5.74) is 0. The molecule has 1 aliphatic heterocycles. The van der Waals surface area contributed by atoms with Crippen LogP contribution in [-0.2, 0) is 16.1 Å². The van der Waals surface area contributed by atoms with Crippen LogP contribution in [0.2, 0.25) is 0 Å². The number of hydrogen-bond donors (Lipinski definition) is 1. The number of carbonyl (C=O) groups excluding carboxylic acids is 1. The van der Waals surface area contributed by atoms with Crippen LogP contribution in [0, 0.1) is 5.92 Å². The minimum absolute atomic E-state index is 0.0139. The van der Waals surface area contributed by atoms with Gasteiger partial charge in [-0.2, -0.15) is 0 Å². The first-order valence-corrected chi connectivity index (χ1v) is 5.28. The van der Waals surface area contributed by atoms with Gasteiger partial charge in [0, 0.05) is 25.5 Å². The Hall–Kier alpha value is -1.78. The summed E-state index contributed by atoms with van der Waals surface area (Å²) in [5, 5.41) is 8.83. The number of carboxylic acid groups (broad SMARTS) is 1. The van der Waals surface area contributed by atoms with Gasteiger partial charge < -0.3 is 14.6 Å². The lowest BCUT2D eigenvalue weighted by Crippen LogP contribution is -2.32. The van der Waals surface area contributed by atoms with E-state index in [4.69, 9.17) is 5.11 Å². The van der Waals surface area contributed by atoms with Gasteiger partial charge in [0.05, 0.1) is 5.92 Å². The quantitative estimate of drug-likeness (QED) is 0.806. The summed E-state index contributed by atoms with van der Waals surface area (Å²) >= 11 is 0. The van der Waals surface area contributed by atoms with Crippen molar-refractivity contribution in [1.29, 1.82) is 0 Å². The maximum absolute atomic E-state index is 11.8. The fraction of sp³-hybridized carbons (Fsp3) is 0.455. The Balaban J connectivity index is 1.90. The number of aromatic nitrogens is 1. The van der Waals surface area contributed by atoms with Crippen LogP contribution >= 0.6 is 0 Å². The molecule has 86 valence electrons. The monoisotopic (exact) mass is 222 g/mol. The molecule has 1 fully saturated rings. The Kier molecular flexibility index (Phi) is 2.94. The second-order valence-corrected chi connectivity index (χ2v) is 4.02. The first-order valence-electron chi connectivity index (χ1n) is 5.28. The summed E-state index contributed by atoms with van der Waals surface area (Å²) in [5.74, 6) is -1.22. The highest BCUT2D eigenvalue weighted by atomic mass is 16.4. The molecule has 5 heteroatoms. The van der Waals surface area contributed by atoms with E-state index in [2.05, 4.69) is 0 Å². The zero-order valence-electron chi connectivity index (χ0n) is 8.87. The number of carboxylic acids is 1. The molecule has 1 atom stereocenters. The highest BCUT2D eigenvalue weighted by Crippen LogP contribution is 2.16. The van der Waals surface area contributed by atoms with E-state index in [1.165, 1.54) is 0 Å². The van der Waals surface area contributed by atoms with Gasteiger partial charge in [-0.15, -0.1) is 0 Å². The van der Waals surface area contributed by atoms with E-state index in [-0.39, 0.29) is 5.91 Å². The van der Waals surface area contributed by atoms with Crippen molar-refractivity contribution in [2.75, 3.05) is 13.1 Å². The van der Waals surface area contributed by atoms with Gasteiger partial charge >= 0.3 is 5.97 Å². The average molecular weight is 222 g/mol. The summed E-state index contributed by atoms with van der Waals surface area (Å²) in [4.78, 5) is 24.2. The third kappa shape index (κ3) is 2.24. The molecule has 1 saturated heterocycles. The predicted molar refractivity (Wildman–Crippen MR) is 56.8 cm³/mol. The normalized spacial score (nSPS) is 20.0. The molecule has 5 nitrogen and oxygen atoms in total. The molecular weight excluding hydrogens is 208 g/mol. The van der Waals surface area contributed by atoms with Gasteiger partial charge in [0.2, 0.25) is 5.91 Å². The second kappa shape index (κ2) is 4.38. The molecule has 0 spiro atoms. The smallest absolute Gasteiger partial charge is 0.308 e. The van der Waals surface area contributed by atoms with Gasteiger partial charge in [0.15, 0.2) is 0 Å². The fourth-order valence-corrected chi connectivity index (χ4v) is 1.92. The number of rotatable bonds is 3. The van der Waals surface area contributed by atoms with Crippen LogP contribution in [-0.4, -0.2) is 39.5 Å². The number of nitrogens with zero attached hydrogens (tertiary/aromatic N) is 2. The first kappa shape index (κ1) is 10.7. The van der Waals surface area contributed by atoms with E-state index in [0.29, 0.717) is 26.1 Å². The third-order valence-corrected chi connectivity index (χ3v) is 2.87. The molecule has 0 aromatic carbocycles. The van der Waals surface area contributed by atoms with Crippen molar-refractivity contribution >= 4 is 11.9 Å². The maximum atomic E-state index is 11.8. The van der Waals surface area contributed by atoms with Crippen LogP contribution in [0.1, 0.15) is 6.42 Å². The number of amides is 1. The molecule has 0 bridgehead atoms. The summed E-state index contributed by atoms with van der Waals surface area (Å²) in [6.07, 6.45) is 4.21. The lowest BCUT2D eigenvalue weighted by molar-refractivity contribution is -0.141. The predicted octanol–water partition coefficient (Wildman–Crippen LogP) is 0.421. The molecule has 16 heavy (non-hydrogen) atoms. The van der Waals surface area contributed by atoms with Crippen LogP contribution in [0.15, 0.2) is 24.5 Å². The van der Waals surface area contributed by atoms with Crippen molar-refractivity contribution in [2.24, 2.45) is 5.92 Å². The van der Waals surface area contributed by atoms with Crippen molar-refractivity contribution < 1.29 is 14.7 Å². The standard InChI is InChI=1S/C11H14N2O3/c14-10(8-12-4-1-2-5-12)13-6-3-9(7-13)11(15)16/h1-2,4-5,9H,3,6-8H2,(H,15,16). The van der Waals surface area contributed by atoms with E-state index in [1.807, 2.05) is 24.5 Å². The topological polar surface area (TPSA) is 62.5 Å². The Morgan fingerprint density at radius 2 is 2.00 bits per heavy atom. The molecule has 1 aromatic heterocycles. The van der Waals surface area contributed by atoms with E-state index in [1.54, 1.807) is 9.47 Å². The zero-order valence-corrected chi connectivity index (χ0v) is 8.87. The first-order chi connectivity index (χ1) is 7.66. The van der Waals surface area contributed by atoms with Crippen molar-refractivity contribution in [3.05, 3.63) is 24.5 Å². The molecular formula is C11H14N2O3. The van der Waals surface area contributed by atoms with E-state index in [9.17, 15) is 9.59 Å². The fourth-order valence-electron chi connectivity index (χ4n) is 1.92. The molecule has 0 saturated carbocycles.